The zero-order valence-electron chi connectivity index (χ0n) is 19.0. The minimum Gasteiger partial charge on any atom is -0.481 e. The Morgan fingerprint density at radius 3 is 2.32 bits per heavy atom. The number of piperidine rings is 1. The monoisotopic (exact) mass is 464 g/mol. The Morgan fingerprint density at radius 2 is 1.71 bits per heavy atom. The molecule has 2 fully saturated rings. The third-order valence-corrected chi connectivity index (χ3v) is 7.43. The molecule has 1 saturated carbocycles. The van der Waals surface area contributed by atoms with E-state index in [1.165, 1.54) is 7.11 Å². The van der Waals surface area contributed by atoms with Crippen LogP contribution in [0, 0.1) is 17.8 Å². The van der Waals surface area contributed by atoms with Gasteiger partial charge in [0.15, 0.2) is 6.10 Å². The molecule has 4 atom stereocenters. The fourth-order valence-electron chi connectivity index (χ4n) is 5.61. The van der Waals surface area contributed by atoms with Crippen LogP contribution in [-0.2, 0) is 19.1 Å². The van der Waals surface area contributed by atoms with Gasteiger partial charge in [0.1, 0.15) is 6.61 Å². The molecule has 1 saturated heterocycles. The largest absolute Gasteiger partial charge is 0.481 e. The third-order valence-electron chi connectivity index (χ3n) is 7.43. The predicted octanol–water partition coefficient (Wildman–Crippen LogP) is 2.72. The molecule has 8 heteroatoms. The Morgan fingerprint density at radius 1 is 1.06 bits per heavy atom. The molecule has 178 valence electrons. The Balaban J connectivity index is 1.14. The fraction of sp³-hybridized carbons (Fsp3) is 0.423. The van der Waals surface area contributed by atoms with Gasteiger partial charge in [0.2, 0.25) is 0 Å². The molecule has 0 spiro atoms. The summed E-state index contributed by atoms with van der Waals surface area (Å²) in [5, 5.41) is 11.9. The number of rotatable bonds is 7. The number of amides is 2. The highest BCUT2D eigenvalue weighted by Crippen LogP contribution is 2.51. The summed E-state index contributed by atoms with van der Waals surface area (Å²) in [6.07, 6.45) is -0.772. The quantitative estimate of drug-likeness (QED) is 0.653. The molecule has 2 aliphatic carbocycles. The maximum Gasteiger partial charge on any atom is 0.407 e. The zero-order chi connectivity index (χ0) is 23.8. The van der Waals surface area contributed by atoms with Crippen molar-refractivity contribution in [2.75, 3.05) is 33.4 Å². The van der Waals surface area contributed by atoms with E-state index in [9.17, 15) is 19.5 Å². The van der Waals surface area contributed by atoms with Crippen LogP contribution in [-0.4, -0.2) is 67.4 Å². The summed E-state index contributed by atoms with van der Waals surface area (Å²) in [5.41, 5.74) is 4.57. The van der Waals surface area contributed by atoms with Gasteiger partial charge in [-0.3, -0.25) is 9.59 Å². The number of ether oxygens (including phenoxy) is 2. The Bertz CT molecular complexity index is 1070. The number of aliphatic carboxylic acids is 1. The maximum absolute atomic E-state index is 12.9. The van der Waals surface area contributed by atoms with Crippen molar-refractivity contribution in [3.8, 4) is 11.1 Å². The van der Waals surface area contributed by atoms with E-state index in [-0.39, 0.29) is 42.7 Å². The second-order valence-electron chi connectivity index (χ2n) is 9.20. The number of likely N-dealkylation sites (tertiary alicyclic amines) is 1. The molecule has 1 heterocycles. The van der Waals surface area contributed by atoms with Crippen molar-refractivity contribution >= 4 is 18.0 Å². The van der Waals surface area contributed by atoms with Crippen LogP contribution in [0.3, 0.4) is 0 Å². The third kappa shape index (κ3) is 4.03. The predicted molar refractivity (Wildman–Crippen MR) is 123 cm³/mol. The number of nitrogens with one attached hydrogen (secondary N) is 1. The minimum absolute atomic E-state index is 0.0149. The van der Waals surface area contributed by atoms with Gasteiger partial charge in [-0.25, -0.2) is 4.79 Å². The summed E-state index contributed by atoms with van der Waals surface area (Å²) in [6.45, 7) is 1.11. The highest BCUT2D eigenvalue weighted by atomic mass is 16.5. The highest BCUT2D eigenvalue weighted by molar-refractivity contribution is 5.83. The molecule has 1 aliphatic heterocycles. The van der Waals surface area contributed by atoms with Crippen molar-refractivity contribution in [3.63, 3.8) is 0 Å². The molecule has 0 radical (unpaired) electrons. The molecule has 3 aliphatic rings. The van der Waals surface area contributed by atoms with Crippen molar-refractivity contribution in [3.05, 3.63) is 59.7 Å². The first kappa shape index (κ1) is 22.4. The summed E-state index contributed by atoms with van der Waals surface area (Å²) < 4.78 is 10.9. The van der Waals surface area contributed by atoms with Gasteiger partial charge in [0.25, 0.3) is 5.91 Å². The molecule has 8 nitrogen and oxygen atoms in total. The van der Waals surface area contributed by atoms with Crippen LogP contribution in [0.25, 0.3) is 11.1 Å². The number of fused-ring (bicyclic) bond motifs is 4. The number of hydrogen-bond acceptors (Lipinski definition) is 5. The van der Waals surface area contributed by atoms with Crippen LogP contribution in [0.15, 0.2) is 48.5 Å². The van der Waals surface area contributed by atoms with Gasteiger partial charge < -0.3 is 24.8 Å². The molecular weight excluding hydrogens is 436 g/mol. The molecule has 2 aromatic rings. The second kappa shape index (κ2) is 9.10. The molecule has 2 unspecified atom stereocenters. The summed E-state index contributed by atoms with van der Waals surface area (Å²) >= 11 is 0. The van der Waals surface area contributed by atoms with E-state index in [0.717, 1.165) is 22.3 Å². The molecule has 2 N–H and O–H groups in total. The van der Waals surface area contributed by atoms with Crippen molar-refractivity contribution in [2.45, 2.75) is 18.4 Å². The summed E-state index contributed by atoms with van der Waals surface area (Å²) in [5.74, 6) is -1.23. The van der Waals surface area contributed by atoms with E-state index < -0.39 is 18.2 Å². The number of nitrogens with zero attached hydrogens (tertiary/aromatic N) is 1. The van der Waals surface area contributed by atoms with E-state index in [2.05, 4.69) is 29.6 Å². The molecule has 0 bridgehead atoms. The average Bonchev–Trinajstić information content (AvgIpc) is 3.50. The van der Waals surface area contributed by atoms with Gasteiger partial charge in [-0.05, 0) is 40.5 Å². The van der Waals surface area contributed by atoms with Crippen molar-refractivity contribution in [1.82, 2.24) is 10.2 Å². The van der Waals surface area contributed by atoms with Crippen LogP contribution >= 0.6 is 0 Å². The normalized spacial score (nSPS) is 23.3. The van der Waals surface area contributed by atoms with Gasteiger partial charge in [-0.2, -0.15) is 0 Å². The fourth-order valence-corrected chi connectivity index (χ4v) is 5.61. The van der Waals surface area contributed by atoms with Gasteiger partial charge in [-0.15, -0.1) is 0 Å². The smallest absolute Gasteiger partial charge is 0.407 e. The van der Waals surface area contributed by atoms with Crippen LogP contribution in [0.2, 0.25) is 0 Å². The van der Waals surface area contributed by atoms with Crippen LogP contribution in [0.4, 0.5) is 4.79 Å². The number of carbonyl (C=O) groups excluding carboxylic acids is 2. The van der Waals surface area contributed by atoms with Crippen molar-refractivity contribution in [2.24, 2.45) is 17.8 Å². The number of carboxylic acid groups (broad SMARTS) is 1. The number of carbonyl (C=O) groups is 3. The Kier molecular flexibility index (Phi) is 6.00. The SMILES string of the molecule is COC(CNC(=O)OCC1c2ccccc2-c2ccccc21)C(=O)N1CC[C@H]2C(C(=O)O)[C@H]2C1. The first-order valence-electron chi connectivity index (χ1n) is 11.6. The van der Waals surface area contributed by atoms with Gasteiger partial charge >= 0.3 is 12.1 Å². The summed E-state index contributed by atoms with van der Waals surface area (Å²) in [6, 6.07) is 16.2. The van der Waals surface area contributed by atoms with E-state index in [1.807, 2.05) is 24.3 Å². The van der Waals surface area contributed by atoms with Gasteiger partial charge in [-0.1, -0.05) is 48.5 Å². The molecule has 0 aromatic heterocycles. The van der Waals surface area contributed by atoms with Crippen LogP contribution in [0.5, 0.6) is 0 Å². The maximum atomic E-state index is 12.9. The van der Waals surface area contributed by atoms with E-state index in [4.69, 9.17) is 9.47 Å². The number of methoxy groups -OCH3 is 1. The Hall–Kier alpha value is -3.39. The Labute approximate surface area is 197 Å². The average molecular weight is 465 g/mol. The minimum atomic E-state index is -0.848. The number of alkyl carbamates (subject to hydrolysis) is 1. The first-order chi connectivity index (χ1) is 16.5. The lowest BCUT2D eigenvalue weighted by Crippen LogP contribution is -2.48. The molecule has 34 heavy (non-hydrogen) atoms. The molecular formula is C26H28N2O6. The molecule has 5 rings (SSSR count). The van der Waals surface area contributed by atoms with Crippen molar-refractivity contribution < 1.29 is 29.0 Å². The highest BCUT2D eigenvalue weighted by Gasteiger charge is 2.57. The lowest BCUT2D eigenvalue weighted by molar-refractivity contribution is -0.143. The van der Waals surface area contributed by atoms with E-state index in [0.29, 0.717) is 19.5 Å². The second-order valence-corrected chi connectivity index (χ2v) is 9.20. The van der Waals surface area contributed by atoms with Gasteiger partial charge in [0.05, 0.1) is 12.5 Å². The number of benzene rings is 2. The molecule has 2 amide bonds. The number of hydrogen-bond donors (Lipinski definition) is 2. The first-order valence-corrected chi connectivity index (χ1v) is 11.6. The summed E-state index contributed by atoms with van der Waals surface area (Å²) in [7, 11) is 1.42. The topological polar surface area (TPSA) is 105 Å². The van der Waals surface area contributed by atoms with Crippen molar-refractivity contribution in [1.29, 1.82) is 0 Å². The lowest BCUT2D eigenvalue weighted by Gasteiger charge is -2.29. The lowest BCUT2D eigenvalue weighted by atomic mass is 9.98. The van der Waals surface area contributed by atoms with Crippen LogP contribution in [0.1, 0.15) is 23.5 Å². The molecule has 2 aromatic carbocycles. The van der Waals surface area contributed by atoms with E-state index >= 15 is 0 Å². The standard InChI is InChI=1S/C26H28N2O6/c1-33-22(24(29)28-11-10-19-20(13-28)23(19)25(30)31)12-27-26(32)34-14-21-17-8-4-2-6-15(17)16-7-3-5-9-18(16)21/h2-9,19-23H,10-14H2,1H3,(H,27,32)(H,30,31)/t19-,20+,22?,23?/m1/s1. The number of carboxylic acids is 1. The van der Waals surface area contributed by atoms with E-state index in [1.54, 1.807) is 4.90 Å². The summed E-state index contributed by atoms with van der Waals surface area (Å²) in [4.78, 5) is 38.3. The van der Waals surface area contributed by atoms with Crippen LogP contribution < -0.4 is 5.32 Å². The van der Waals surface area contributed by atoms with Gasteiger partial charge in [0, 0.05) is 26.1 Å². The zero-order valence-corrected chi connectivity index (χ0v) is 19.0.